The van der Waals surface area contributed by atoms with Gasteiger partial charge in [-0.15, -0.1) is 0 Å². The van der Waals surface area contributed by atoms with Gasteiger partial charge in [0.25, 0.3) is 10.0 Å². The van der Waals surface area contributed by atoms with Crippen molar-refractivity contribution in [1.29, 1.82) is 0 Å². The van der Waals surface area contributed by atoms with Crippen molar-refractivity contribution in [1.82, 2.24) is 19.7 Å². The molecule has 5 rings (SSSR count). The summed E-state index contributed by atoms with van der Waals surface area (Å²) < 4.78 is 51.6. The number of hydrogen-bond donors (Lipinski definition) is 2. The van der Waals surface area contributed by atoms with Crippen LogP contribution in [0.1, 0.15) is 31.9 Å². The number of amides is 1. The van der Waals surface area contributed by atoms with Crippen LogP contribution in [0.15, 0.2) is 84.4 Å². The average Bonchev–Trinajstić information content (AvgIpc) is 3.40. The first-order valence-corrected chi connectivity index (χ1v) is 14.5. The van der Waals surface area contributed by atoms with Gasteiger partial charge < -0.3 is 10.1 Å². The number of nitrogens with one attached hydrogen (secondary N) is 2. The molecule has 0 spiro atoms. The van der Waals surface area contributed by atoms with Crippen LogP contribution in [-0.4, -0.2) is 34.1 Å². The maximum absolute atomic E-state index is 15.3. The Balaban J connectivity index is 1.36. The third-order valence-electron chi connectivity index (χ3n) is 6.32. The molecule has 0 aliphatic carbocycles. The normalized spacial score (nSPS) is 11.8. The van der Waals surface area contributed by atoms with Gasteiger partial charge in [0.2, 0.25) is 5.91 Å². The van der Waals surface area contributed by atoms with Crippen LogP contribution in [0.25, 0.3) is 10.9 Å². The number of carbonyl (C=O) groups excluding carboxylic acids is 1. The summed E-state index contributed by atoms with van der Waals surface area (Å²) in [6, 6.07) is 12.1. The van der Waals surface area contributed by atoms with E-state index in [1.165, 1.54) is 42.9 Å². The van der Waals surface area contributed by atoms with Gasteiger partial charge in [-0.1, -0.05) is 6.07 Å². The summed E-state index contributed by atoms with van der Waals surface area (Å²) in [5, 5.41) is 7.44. The molecule has 0 saturated carbocycles. The van der Waals surface area contributed by atoms with Gasteiger partial charge in [0, 0.05) is 24.0 Å². The number of aromatic nitrogens is 4. The van der Waals surface area contributed by atoms with Crippen LogP contribution in [0.2, 0.25) is 0 Å². The summed E-state index contributed by atoms with van der Waals surface area (Å²) in [4.78, 5) is 20.8. The fourth-order valence-corrected chi connectivity index (χ4v) is 5.35. The van der Waals surface area contributed by atoms with E-state index in [2.05, 4.69) is 25.1 Å². The Morgan fingerprint density at radius 3 is 2.55 bits per heavy atom. The van der Waals surface area contributed by atoms with Crippen molar-refractivity contribution >= 4 is 38.2 Å². The lowest BCUT2D eigenvalue weighted by atomic mass is 10.1. The summed E-state index contributed by atoms with van der Waals surface area (Å²) in [6.45, 7) is 7.66. The van der Waals surface area contributed by atoms with Crippen LogP contribution in [0.5, 0.6) is 11.5 Å². The lowest BCUT2D eigenvalue weighted by molar-refractivity contribution is -0.115. The second-order valence-electron chi connectivity index (χ2n) is 10.7. The highest BCUT2D eigenvalue weighted by molar-refractivity contribution is 7.92. The van der Waals surface area contributed by atoms with Crippen LogP contribution >= 0.6 is 0 Å². The molecule has 0 unspecified atom stereocenters. The molecule has 10 nitrogen and oxygen atoms in total. The standard InChI is InChI=1S/C30H29FN6O4S/c1-19-12-20(14-28(38)35-22-17-34-37(18-22)30(2,3)4)13-25(31)29(19)41-27-9-11-33-26-8-7-23(15-24(26)27)42(39,40)36-21-6-5-10-32-16-21/h5-13,15-18,36H,14H2,1-4H3,(H,35,38). The summed E-state index contributed by atoms with van der Waals surface area (Å²) in [5.41, 5.74) is 2.03. The van der Waals surface area contributed by atoms with E-state index in [9.17, 15) is 13.2 Å². The molecule has 0 aliphatic heterocycles. The molecule has 0 aliphatic rings. The molecule has 0 radical (unpaired) electrons. The first-order chi connectivity index (χ1) is 19.9. The zero-order valence-electron chi connectivity index (χ0n) is 23.4. The van der Waals surface area contributed by atoms with Crippen LogP contribution in [0.4, 0.5) is 15.8 Å². The Hall–Kier alpha value is -4.84. The van der Waals surface area contributed by atoms with Gasteiger partial charge >= 0.3 is 0 Å². The molecule has 216 valence electrons. The maximum atomic E-state index is 15.3. The van der Waals surface area contributed by atoms with Crippen molar-refractivity contribution in [3.63, 3.8) is 0 Å². The Kier molecular flexibility index (Phi) is 7.65. The number of rotatable bonds is 8. The molecule has 2 N–H and O–H groups in total. The number of sulfonamides is 1. The van der Waals surface area contributed by atoms with Crippen molar-refractivity contribution in [2.75, 3.05) is 10.0 Å². The molecule has 5 aromatic rings. The van der Waals surface area contributed by atoms with Crippen molar-refractivity contribution in [2.24, 2.45) is 0 Å². The predicted octanol–water partition coefficient (Wildman–Crippen LogP) is 5.80. The fourth-order valence-electron chi connectivity index (χ4n) is 4.28. The van der Waals surface area contributed by atoms with Crippen molar-refractivity contribution in [3.05, 3.63) is 96.5 Å². The smallest absolute Gasteiger partial charge is 0.261 e. The first-order valence-electron chi connectivity index (χ1n) is 13.0. The third kappa shape index (κ3) is 6.39. The molecule has 0 bridgehead atoms. The second-order valence-corrected chi connectivity index (χ2v) is 12.4. The topological polar surface area (TPSA) is 128 Å². The SMILES string of the molecule is Cc1cc(CC(=O)Nc2cnn(C(C)(C)C)c2)cc(F)c1Oc1ccnc2ccc(S(=O)(=O)Nc3cccnc3)cc12. The lowest BCUT2D eigenvalue weighted by Crippen LogP contribution is -2.22. The van der Waals surface area contributed by atoms with E-state index in [1.807, 2.05) is 20.8 Å². The number of fused-ring (bicyclic) bond motifs is 1. The molecule has 0 atom stereocenters. The van der Waals surface area contributed by atoms with Crippen molar-refractivity contribution in [2.45, 2.75) is 44.6 Å². The second kappa shape index (κ2) is 11.2. The Morgan fingerprint density at radius 1 is 1.05 bits per heavy atom. The summed E-state index contributed by atoms with van der Waals surface area (Å²) in [5.74, 6) is -0.795. The van der Waals surface area contributed by atoms with Gasteiger partial charge in [0.15, 0.2) is 11.6 Å². The largest absolute Gasteiger partial charge is 0.453 e. The highest BCUT2D eigenvalue weighted by Gasteiger charge is 2.19. The van der Waals surface area contributed by atoms with E-state index in [-0.39, 0.29) is 34.3 Å². The number of ether oxygens (including phenoxy) is 1. The van der Waals surface area contributed by atoms with Crippen LogP contribution in [-0.2, 0) is 26.8 Å². The Bertz CT molecular complexity index is 1860. The molecule has 1 amide bonds. The monoisotopic (exact) mass is 588 g/mol. The first kappa shape index (κ1) is 28.7. The quantitative estimate of drug-likeness (QED) is 0.234. The molecule has 3 aromatic heterocycles. The average molecular weight is 589 g/mol. The molecule has 12 heteroatoms. The number of hydrogen-bond acceptors (Lipinski definition) is 7. The summed E-state index contributed by atoms with van der Waals surface area (Å²) in [7, 11) is -3.95. The van der Waals surface area contributed by atoms with Gasteiger partial charge in [0.1, 0.15) is 5.75 Å². The van der Waals surface area contributed by atoms with E-state index < -0.39 is 15.8 Å². The number of halogens is 1. The van der Waals surface area contributed by atoms with E-state index in [0.717, 1.165) is 0 Å². The third-order valence-corrected chi connectivity index (χ3v) is 7.70. The van der Waals surface area contributed by atoms with Gasteiger partial charge in [-0.25, -0.2) is 12.8 Å². The molecule has 0 saturated heterocycles. The zero-order valence-corrected chi connectivity index (χ0v) is 24.2. The Morgan fingerprint density at radius 2 is 1.86 bits per heavy atom. The minimum Gasteiger partial charge on any atom is -0.453 e. The van der Waals surface area contributed by atoms with E-state index in [0.29, 0.717) is 33.4 Å². The highest BCUT2D eigenvalue weighted by Crippen LogP contribution is 2.34. The van der Waals surface area contributed by atoms with Gasteiger partial charge in [-0.2, -0.15) is 5.10 Å². The summed E-state index contributed by atoms with van der Waals surface area (Å²) >= 11 is 0. The molecule has 2 aromatic carbocycles. The lowest BCUT2D eigenvalue weighted by Gasteiger charge is -2.18. The van der Waals surface area contributed by atoms with Gasteiger partial charge in [-0.05, 0) is 81.3 Å². The molecular formula is C30H29FN6O4S. The molecule has 0 fully saturated rings. The number of aryl methyl sites for hydroxylation is 1. The fraction of sp³-hybridized carbons (Fsp3) is 0.200. The Labute approximate surface area is 242 Å². The van der Waals surface area contributed by atoms with E-state index >= 15 is 4.39 Å². The minimum atomic E-state index is -3.95. The number of nitrogens with zero attached hydrogens (tertiary/aromatic N) is 4. The highest BCUT2D eigenvalue weighted by atomic mass is 32.2. The van der Waals surface area contributed by atoms with Crippen molar-refractivity contribution < 1.29 is 22.3 Å². The maximum Gasteiger partial charge on any atom is 0.261 e. The van der Waals surface area contributed by atoms with Crippen molar-refractivity contribution in [3.8, 4) is 11.5 Å². The molecule has 3 heterocycles. The molecular weight excluding hydrogens is 559 g/mol. The number of pyridine rings is 2. The zero-order chi connectivity index (χ0) is 30.1. The molecule has 42 heavy (non-hydrogen) atoms. The number of anilines is 2. The number of benzene rings is 2. The van der Waals surface area contributed by atoms with Crippen LogP contribution < -0.4 is 14.8 Å². The van der Waals surface area contributed by atoms with Crippen LogP contribution in [0.3, 0.4) is 0 Å². The van der Waals surface area contributed by atoms with Crippen LogP contribution in [0, 0.1) is 12.7 Å². The minimum absolute atomic E-state index is 0.0247. The van der Waals surface area contributed by atoms with E-state index in [4.69, 9.17) is 4.74 Å². The predicted molar refractivity (Wildman–Crippen MR) is 158 cm³/mol. The van der Waals surface area contributed by atoms with Gasteiger partial charge in [-0.3, -0.25) is 24.2 Å². The summed E-state index contributed by atoms with van der Waals surface area (Å²) in [6.07, 6.45) is 7.68. The number of carbonyl (C=O) groups is 1. The van der Waals surface area contributed by atoms with Gasteiger partial charge in [0.05, 0.1) is 46.1 Å². The van der Waals surface area contributed by atoms with E-state index in [1.54, 1.807) is 48.3 Å².